The molecule has 2 unspecified atom stereocenters. The van der Waals surface area contributed by atoms with Gasteiger partial charge in [0.05, 0.1) is 77.3 Å². The third-order valence-electron chi connectivity index (χ3n) is 22.3. The number of nitrogens with zero attached hydrogens (tertiary/aromatic N) is 2. The van der Waals surface area contributed by atoms with Gasteiger partial charge in [-0.2, -0.15) is 0 Å². The van der Waals surface area contributed by atoms with Crippen LogP contribution in [0.4, 0.5) is 21.0 Å². The first-order valence-corrected chi connectivity index (χ1v) is 38.9. The van der Waals surface area contributed by atoms with Crippen LogP contribution in [-0.2, 0) is 95.8 Å². The number of ketones is 2. The fourth-order valence-corrected chi connectivity index (χ4v) is 16.7. The first kappa shape index (κ1) is 85.3. The quantitative estimate of drug-likeness (QED) is 0.0255. The molecule has 3 aromatic rings. The number of nitrogens with two attached hydrogens (primary N) is 1. The average molecular weight is 1530 g/mol. The molecule has 12 atom stereocenters. The lowest BCUT2D eigenvalue weighted by molar-refractivity contribution is -0.203. The largest absolute Gasteiger partial charge is 0.445 e. The topological polar surface area (TPSA) is 369 Å². The second-order valence-corrected chi connectivity index (χ2v) is 29.9. The van der Waals surface area contributed by atoms with E-state index in [0.717, 1.165) is 53.6 Å². The molecule has 4 aliphatic carbocycles. The molecule has 2 heterocycles. The van der Waals surface area contributed by atoms with Crippen molar-refractivity contribution in [3.05, 3.63) is 125 Å². The van der Waals surface area contributed by atoms with Crippen LogP contribution in [0, 0.1) is 34.5 Å². The lowest BCUT2D eigenvalue weighted by Crippen LogP contribution is -2.63. The highest BCUT2D eigenvalue weighted by Gasteiger charge is 2.76. The molecule has 2 saturated heterocycles. The van der Waals surface area contributed by atoms with Crippen molar-refractivity contribution in [2.75, 3.05) is 95.9 Å². The van der Waals surface area contributed by atoms with E-state index in [0.29, 0.717) is 76.3 Å². The molecule has 0 radical (unpaired) electrons. The number of carbonyl (C=O) groups is 10. The molecule has 9 N–H and O–H groups in total. The summed E-state index contributed by atoms with van der Waals surface area (Å²) < 4.78 is 47.6. The zero-order valence-electron chi connectivity index (χ0n) is 64.5. The van der Waals surface area contributed by atoms with Gasteiger partial charge in [-0.25, -0.2) is 9.59 Å². The standard InChI is InChI=1S/C82H113N9O19/c1-8-17-73-109-67-47-62-61-29-26-58-46-60(92)32-34-80(58,6)74(61)65(93)48-81(62,7)82(67,110-73)66(94)52-107-72-23-16-37-90(72)71(98)49-86-79(102)108-51-54-24-27-59(28-25-54)87-76(99)63(21-15-35-85-78(83)101)88-77(100)75(53(4)5)89-69(96)33-38-103-40-42-105-44-45-106-43-41-104-39-36-84-68(95)30-31-70(97)91(64-22-14-13-19-56(64)10-3)50-57-20-12-11-18-55(57)9-2/h10-14,18-20,22,24-25,27-28,32,34,46,53,61-63,65,67,72-75,93H,3,8-9,15-17,21,23,26,29-31,33,35-45,47-52H2,1-2,4-7H3,(H,84,95)(H,86,102)(H,87,99)(H,88,100)(H,89,96)(H3,83,85,101)/t61-,62-,63-,65-,67+,72?,73?,74+,75-,80-,81-,82+/m0/s1. The number of para-hydroxylation sites is 1. The number of amides is 9. The first-order chi connectivity index (χ1) is 52.9. The van der Waals surface area contributed by atoms with Gasteiger partial charge in [0.2, 0.25) is 35.4 Å². The zero-order chi connectivity index (χ0) is 79.0. The minimum Gasteiger partial charge on any atom is -0.445 e. The molecule has 2 aliphatic heterocycles. The van der Waals surface area contributed by atoms with Gasteiger partial charge in [0.25, 0.3) is 0 Å². The second-order valence-electron chi connectivity index (χ2n) is 29.9. The number of rotatable bonds is 43. The number of aryl methyl sites for hydroxylation is 1. The van der Waals surface area contributed by atoms with Gasteiger partial charge in [-0.3, -0.25) is 38.4 Å². The van der Waals surface area contributed by atoms with Crippen molar-refractivity contribution in [2.24, 2.45) is 40.2 Å². The summed E-state index contributed by atoms with van der Waals surface area (Å²) in [4.78, 5) is 136. The highest BCUT2D eigenvalue weighted by molar-refractivity contribution is 6.01. The summed E-state index contributed by atoms with van der Waals surface area (Å²) in [5.74, 6) is -3.34. The van der Waals surface area contributed by atoms with Crippen molar-refractivity contribution in [1.82, 2.24) is 31.5 Å². The van der Waals surface area contributed by atoms with E-state index >= 15 is 0 Å². The lowest BCUT2D eigenvalue weighted by Gasteiger charge is -2.59. The molecule has 0 bridgehead atoms. The summed E-state index contributed by atoms with van der Waals surface area (Å²) in [5, 5.41) is 28.3. The van der Waals surface area contributed by atoms with Crippen LogP contribution in [0.3, 0.4) is 0 Å². The Bertz CT molecular complexity index is 3760. The van der Waals surface area contributed by atoms with E-state index in [4.69, 9.17) is 43.6 Å². The number of primary amides is 1. The third kappa shape index (κ3) is 21.9. The number of allylic oxidation sites excluding steroid dienone is 4. The van der Waals surface area contributed by atoms with Crippen LogP contribution in [0.1, 0.15) is 147 Å². The minimum atomic E-state index is -1.39. The summed E-state index contributed by atoms with van der Waals surface area (Å²) in [6, 6.07) is 19.1. The van der Waals surface area contributed by atoms with Gasteiger partial charge in [0.1, 0.15) is 38.1 Å². The number of likely N-dealkylation sites (tertiary alicyclic amines) is 1. The lowest BCUT2D eigenvalue weighted by atomic mass is 9.46. The number of Topliss-reactive ketones (excluding diaryl/α,β-unsaturated/α-hetero) is 1. The van der Waals surface area contributed by atoms with Crippen LogP contribution in [0.2, 0.25) is 0 Å². The fourth-order valence-electron chi connectivity index (χ4n) is 16.7. The van der Waals surface area contributed by atoms with Gasteiger partial charge in [-0.05, 0) is 135 Å². The number of aliphatic hydroxyl groups is 1. The molecule has 28 heteroatoms. The summed E-state index contributed by atoms with van der Waals surface area (Å²) in [5.41, 5.74) is 8.28. The van der Waals surface area contributed by atoms with Crippen molar-refractivity contribution in [3.8, 4) is 0 Å². The normalized spacial score (nSPS) is 24.1. The van der Waals surface area contributed by atoms with Crippen molar-refractivity contribution < 1.29 is 90.9 Å². The minimum absolute atomic E-state index is 0.0125. The van der Waals surface area contributed by atoms with Gasteiger partial charge in [-0.15, -0.1) is 0 Å². The Morgan fingerprint density at radius 3 is 2.20 bits per heavy atom. The number of anilines is 2. The number of hydrogen-bond acceptors (Lipinski definition) is 19. The summed E-state index contributed by atoms with van der Waals surface area (Å²) in [6.45, 7) is 17.8. The van der Waals surface area contributed by atoms with Gasteiger partial charge in [0.15, 0.2) is 23.5 Å². The van der Waals surface area contributed by atoms with Crippen molar-refractivity contribution in [2.45, 2.75) is 187 Å². The molecule has 110 heavy (non-hydrogen) atoms. The number of aliphatic hydroxyl groups excluding tert-OH is 1. The average Bonchev–Trinajstić information content (AvgIpc) is 1.51. The molecule has 0 spiro atoms. The third-order valence-corrected chi connectivity index (χ3v) is 22.3. The molecular weight excluding hydrogens is 1410 g/mol. The number of nitrogens with one attached hydrogen (secondary N) is 6. The Balaban J connectivity index is 0.632. The maximum Gasteiger partial charge on any atom is 0.407 e. The van der Waals surface area contributed by atoms with E-state index < -0.39 is 95.5 Å². The Kier molecular flexibility index (Phi) is 31.8. The Morgan fingerprint density at radius 1 is 0.800 bits per heavy atom. The molecule has 0 aromatic heterocycles. The van der Waals surface area contributed by atoms with Gasteiger partial charge in [0, 0.05) is 61.3 Å². The van der Waals surface area contributed by atoms with Crippen LogP contribution in [0.5, 0.6) is 0 Å². The molecule has 3 saturated carbocycles. The Labute approximate surface area is 644 Å². The van der Waals surface area contributed by atoms with Gasteiger partial charge < -0.3 is 90.4 Å². The summed E-state index contributed by atoms with van der Waals surface area (Å²) in [7, 11) is 0. The number of carbonyl (C=O) groups excluding carboxylic acids is 10. The number of benzene rings is 3. The number of hydrogen-bond donors (Lipinski definition) is 8. The highest BCUT2D eigenvalue weighted by Crippen LogP contribution is 2.70. The molecular formula is C82H113N9O19. The van der Waals surface area contributed by atoms with Gasteiger partial charge >= 0.3 is 12.1 Å². The molecule has 6 aliphatic rings. The van der Waals surface area contributed by atoms with E-state index in [1.165, 1.54) is 4.90 Å². The maximum absolute atomic E-state index is 15.0. The van der Waals surface area contributed by atoms with E-state index in [2.05, 4.69) is 65.3 Å². The molecule has 9 amide bonds. The van der Waals surface area contributed by atoms with Crippen LogP contribution < -0.4 is 42.5 Å². The molecule has 3 aromatic carbocycles. The zero-order valence-corrected chi connectivity index (χ0v) is 64.5. The smallest absolute Gasteiger partial charge is 0.407 e. The molecule has 600 valence electrons. The SMILES string of the molecule is C=Cc1ccccc1N(Cc1ccccc1CC)C(=O)CCC(=O)NCCOCCOCCOCCOCCC(=O)N[C@H](C(=O)N[C@@H](CCCNC(N)=O)C(=O)Nc1ccc(COC(=O)NCC(=O)N2CCCC2OCC(=O)[C@@]23OC(CCC)O[C@@H]2C[C@H]2[C@@H]4CCC5=CC(=O)C=C[C@]5(C)[C@H]4[C@@H](O)C[C@@]23C)cc1)C(C)C. The highest BCUT2D eigenvalue weighted by atomic mass is 16.7. The predicted molar refractivity (Wildman–Crippen MR) is 409 cm³/mol. The van der Waals surface area contributed by atoms with Crippen molar-refractivity contribution in [1.29, 1.82) is 0 Å². The van der Waals surface area contributed by atoms with E-state index in [1.54, 1.807) is 61.2 Å². The maximum atomic E-state index is 15.0. The number of fused-ring (bicyclic) bond motifs is 7. The molecule has 5 fully saturated rings. The van der Waals surface area contributed by atoms with Crippen LogP contribution in [-0.4, -0.2) is 197 Å². The van der Waals surface area contributed by atoms with Crippen LogP contribution >= 0.6 is 0 Å². The Morgan fingerprint density at radius 2 is 1.50 bits per heavy atom. The Hall–Kier alpha value is -8.74. The number of alkyl carbamates (subject to hydrolysis) is 1. The van der Waals surface area contributed by atoms with E-state index in [9.17, 15) is 53.1 Å². The van der Waals surface area contributed by atoms with Crippen molar-refractivity contribution in [3.63, 3.8) is 0 Å². The van der Waals surface area contributed by atoms with Crippen molar-refractivity contribution >= 4 is 76.6 Å². The fraction of sp³-hybridized carbons (Fsp3) is 0.585. The van der Waals surface area contributed by atoms with Crippen LogP contribution in [0.25, 0.3) is 6.08 Å². The van der Waals surface area contributed by atoms with E-state index in [1.807, 2.05) is 55.5 Å². The monoisotopic (exact) mass is 1530 g/mol. The molecule has 9 rings (SSSR count). The second kappa shape index (κ2) is 41.0. The first-order valence-electron chi connectivity index (χ1n) is 38.9. The molecule has 28 nitrogen and oxygen atoms in total. The van der Waals surface area contributed by atoms with E-state index in [-0.39, 0.29) is 138 Å². The summed E-state index contributed by atoms with van der Waals surface area (Å²) in [6.07, 6.45) is 9.42. The van der Waals surface area contributed by atoms with Gasteiger partial charge in [-0.1, -0.05) is 127 Å². The number of ether oxygens (including phenoxy) is 8. The predicted octanol–water partition coefficient (Wildman–Crippen LogP) is 7.42. The number of urea groups is 1. The van der Waals surface area contributed by atoms with Crippen LogP contribution in [0.15, 0.2) is 103 Å². The summed E-state index contributed by atoms with van der Waals surface area (Å²) >= 11 is 0.